The fraction of sp³-hybridized carbons (Fsp3) is 0.636. The Morgan fingerprint density at radius 1 is 1.07 bits per heavy atom. The summed E-state index contributed by atoms with van der Waals surface area (Å²) in [5.41, 5.74) is 1.78. The zero-order valence-electron chi connectivity index (χ0n) is 18.0. The van der Waals surface area contributed by atoms with Gasteiger partial charge in [0.15, 0.2) is 0 Å². The zero-order chi connectivity index (χ0) is 21.7. The van der Waals surface area contributed by atoms with Crippen LogP contribution in [0.2, 0.25) is 0 Å². The van der Waals surface area contributed by atoms with Gasteiger partial charge in [-0.05, 0) is 63.7 Å². The van der Waals surface area contributed by atoms with Crippen molar-refractivity contribution in [3.8, 4) is 0 Å². The van der Waals surface area contributed by atoms with Gasteiger partial charge in [0, 0.05) is 25.1 Å². The Kier molecular flexibility index (Phi) is 7.42. The first-order valence-corrected chi connectivity index (χ1v) is 10.9. The summed E-state index contributed by atoms with van der Waals surface area (Å²) in [5, 5.41) is 14.1. The standard InChI is InChI=1S/C22H32N4O4/c1-16-7-8-19(26(29)30)21(17(16)2)23-20(27)15-24-13-9-18(10-14-24)22(28)25-11-5-3-4-6-12-25/h7-8,18H,3-6,9-15H2,1-2H3,(H,23,27). The average molecular weight is 417 g/mol. The van der Waals surface area contributed by atoms with E-state index < -0.39 is 4.92 Å². The molecule has 1 aromatic rings. The number of anilines is 1. The van der Waals surface area contributed by atoms with E-state index in [9.17, 15) is 19.7 Å². The normalized spacial score (nSPS) is 18.7. The van der Waals surface area contributed by atoms with Crippen LogP contribution < -0.4 is 5.32 Å². The number of carbonyl (C=O) groups is 2. The van der Waals surface area contributed by atoms with Crippen molar-refractivity contribution in [1.82, 2.24) is 9.80 Å². The molecule has 0 bridgehead atoms. The van der Waals surface area contributed by atoms with E-state index >= 15 is 0 Å². The number of nitro benzene ring substituents is 1. The summed E-state index contributed by atoms with van der Waals surface area (Å²) >= 11 is 0. The molecule has 0 aliphatic carbocycles. The largest absolute Gasteiger partial charge is 0.342 e. The van der Waals surface area contributed by atoms with E-state index in [1.807, 2.05) is 16.7 Å². The second-order valence-corrected chi connectivity index (χ2v) is 8.50. The molecule has 0 atom stereocenters. The van der Waals surface area contributed by atoms with E-state index in [2.05, 4.69) is 5.32 Å². The summed E-state index contributed by atoms with van der Waals surface area (Å²) in [5.74, 6) is 0.0543. The average Bonchev–Trinajstić information content (AvgIpc) is 3.01. The van der Waals surface area contributed by atoms with Crippen LogP contribution in [0.5, 0.6) is 0 Å². The Labute approximate surface area is 177 Å². The fourth-order valence-corrected chi connectivity index (χ4v) is 4.38. The Morgan fingerprint density at radius 2 is 1.70 bits per heavy atom. The lowest BCUT2D eigenvalue weighted by molar-refractivity contribution is -0.384. The number of benzene rings is 1. The lowest BCUT2D eigenvalue weighted by Gasteiger charge is -2.33. The van der Waals surface area contributed by atoms with Crippen LogP contribution in [0.1, 0.15) is 49.7 Å². The number of nitro groups is 1. The van der Waals surface area contributed by atoms with Gasteiger partial charge in [-0.25, -0.2) is 0 Å². The lowest BCUT2D eigenvalue weighted by atomic mass is 9.95. The molecule has 2 aliphatic rings. The summed E-state index contributed by atoms with van der Waals surface area (Å²) in [7, 11) is 0. The topological polar surface area (TPSA) is 95.8 Å². The minimum Gasteiger partial charge on any atom is -0.342 e. The number of nitrogens with zero attached hydrogens (tertiary/aromatic N) is 3. The third kappa shape index (κ3) is 5.36. The van der Waals surface area contributed by atoms with E-state index in [1.165, 1.54) is 18.9 Å². The lowest BCUT2D eigenvalue weighted by Crippen LogP contribution is -2.44. The highest BCUT2D eigenvalue weighted by Gasteiger charge is 2.30. The molecule has 0 saturated carbocycles. The molecule has 1 N–H and O–H groups in total. The van der Waals surface area contributed by atoms with Gasteiger partial charge in [-0.15, -0.1) is 0 Å². The molecular weight excluding hydrogens is 384 g/mol. The first-order chi connectivity index (χ1) is 14.4. The summed E-state index contributed by atoms with van der Waals surface area (Å²) in [4.78, 5) is 40.3. The Bertz CT molecular complexity index is 795. The van der Waals surface area contributed by atoms with Gasteiger partial charge < -0.3 is 10.2 Å². The maximum Gasteiger partial charge on any atom is 0.293 e. The van der Waals surface area contributed by atoms with Crippen LogP contribution in [-0.4, -0.2) is 59.3 Å². The van der Waals surface area contributed by atoms with E-state index in [0.29, 0.717) is 18.7 Å². The van der Waals surface area contributed by atoms with Crippen LogP contribution in [0.4, 0.5) is 11.4 Å². The number of rotatable bonds is 5. The number of hydrogen-bond donors (Lipinski definition) is 1. The first kappa shape index (κ1) is 22.2. The Balaban J connectivity index is 1.53. The van der Waals surface area contributed by atoms with Crippen LogP contribution in [0.3, 0.4) is 0 Å². The Hall–Kier alpha value is -2.48. The van der Waals surface area contributed by atoms with E-state index in [-0.39, 0.29) is 35.7 Å². The van der Waals surface area contributed by atoms with Crippen LogP contribution >= 0.6 is 0 Å². The number of aryl methyl sites for hydroxylation is 1. The molecule has 3 rings (SSSR count). The minimum absolute atomic E-state index is 0.0440. The maximum atomic E-state index is 12.8. The Morgan fingerprint density at radius 3 is 2.30 bits per heavy atom. The molecule has 164 valence electrons. The molecule has 8 nitrogen and oxygen atoms in total. The molecule has 0 aromatic heterocycles. The number of hydrogen-bond acceptors (Lipinski definition) is 5. The van der Waals surface area contributed by atoms with Crippen molar-refractivity contribution in [1.29, 1.82) is 0 Å². The van der Waals surface area contributed by atoms with Crippen LogP contribution in [0, 0.1) is 29.9 Å². The molecule has 2 heterocycles. The number of carbonyl (C=O) groups excluding carboxylic acids is 2. The van der Waals surface area contributed by atoms with Crippen LogP contribution in [0.25, 0.3) is 0 Å². The third-order valence-corrected chi connectivity index (χ3v) is 6.40. The van der Waals surface area contributed by atoms with Gasteiger partial charge in [0.05, 0.1) is 11.5 Å². The molecule has 0 radical (unpaired) electrons. The molecule has 30 heavy (non-hydrogen) atoms. The molecule has 2 amide bonds. The fourth-order valence-electron chi connectivity index (χ4n) is 4.38. The van der Waals surface area contributed by atoms with E-state index in [0.717, 1.165) is 44.3 Å². The van der Waals surface area contributed by atoms with Gasteiger partial charge in [0.2, 0.25) is 11.8 Å². The highest BCUT2D eigenvalue weighted by atomic mass is 16.6. The predicted molar refractivity (Wildman–Crippen MR) is 115 cm³/mol. The van der Waals surface area contributed by atoms with E-state index in [4.69, 9.17) is 0 Å². The highest BCUT2D eigenvalue weighted by Crippen LogP contribution is 2.30. The van der Waals surface area contributed by atoms with E-state index in [1.54, 1.807) is 13.0 Å². The SMILES string of the molecule is Cc1ccc([N+](=O)[O-])c(NC(=O)CN2CCC(C(=O)N3CCCCCC3)CC2)c1C. The molecule has 2 saturated heterocycles. The zero-order valence-corrected chi connectivity index (χ0v) is 18.0. The quantitative estimate of drug-likeness (QED) is 0.587. The number of piperidine rings is 1. The van der Waals surface area contributed by atoms with Crippen molar-refractivity contribution in [3.05, 3.63) is 33.4 Å². The van der Waals surface area contributed by atoms with Crippen LogP contribution in [-0.2, 0) is 9.59 Å². The molecule has 2 fully saturated rings. The van der Waals surface area contributed by atoms with Crippen molar-refractivity contribution in [2.75, 3.05) is 38.0 Å². The monoisotopic (exact) mass is 416 g/mol. The molecule has 2 aliphatic heterocycles. The van der Waals surface area contributed by atoms with Gasteiger partial charge >= 0.3 is 0 Å². The third-order valence-electron chi connectivity index (χ3n) is 6.40. The van der Waals surface area contributed by atoms with Gasteiger partial charge in [0.25, 0.3) is 5.69 Å². The number of amides is 2. The summed E-state index contributed by atoms with van der Waals surface area (Å²) < 4.78 is 0. The van der Waals surface area contributed by atoms with Crippen molar-refractivity contribution in [3.63, 3.8) is 0 Å². The second kappa shape index (κ2) is 10.0. The van der Waals surface area contributed by atoms with Crippen molar-refractivity contribution < 1.29 is 14.5 Å². The predicted octanol–water partition coefficient (Wildman–Crippen LogP) is 3.26. The first-order valence-electron chi connectivity index (χ1n) is 10.9. The van der Waals surface area contributed by atoms with Gasteiger partial charge in [-0.2, -0.15) is 0 Å². The maximum absolute atomic E-state index is 12.8. The summed E-state index contributed by atoms with van der Waals surface area (Å²) in [6.07, 6.45) is 6.11. The van der Waals surface area contributed by atoms with Crippen LogP contribution in [0.15, 0.2) is 12.1 Å². The summed E-state index contributed by atoms with van der Waals surface area (Å²) in [6.45, 7) is 6.93. The second-order valence-electron chi connectivity index (χ2n) is 8.50. The number of nitrogens with one attached hydrogen (secondary N) is 1. The van der Waals surface area contributed by atoms with Crippen molar-refractivity contribution >= 4 is 23.2 Å². The number of likely N-dealkylation sites (tertiary alicyclic amines) is 2. The molecular formula is C22H32N4O4. The smallest absolute Gasteiger partial charge is 0.293 e. The van der Waals surface area contributed by atoms with Gasteiger partial charge in [0.1, 0.15) is 5.69 Å². The molecule has 0 spiro atoms. The highest BCUT2D eigenvalue weighted by molar-refractivity contribution is 5.95. The van der Waals surface area contributed by atoms with Gasteiger partial charge in [-0.1, -0.05) is 18.9 Å². The molecule has 8 heteroatoms. The van der Waals surface area contributed by atoms with Crippen molar-refractivity contribution in [2.24, 2.45) is 5.92 Å². The van der Waals surface area contributed by atoms with Crippen molar-refractivity contribution in [2.45, 2.75) is 52.4 Å². The minimum atomic E-state index is -0.470. The molecule has 0 unspecified atom stereocenters. The molecule has 1 aromatic carbocycles. The summed E-state index contributed by atoms with van der Waals surface area (Å²) in [6, 6.07) is 3.12. The van der Waals surface area contributed by atoms with Gasteiger partial charge in [-0.3, -0.25) is 24.6 Å².